The van der Waals surface area contributed by atoms with Crippen molar-refractivity contribution >= 4 is 5.91 Å². The summed E-state index contributed by atoms with van der Waals surface area (Å²) in [6.45, 7) is 0. The average Bonchev–Trinajstić information content (AvgIpc) is 2.88. The van der Waals surface area contributed by atoms with Crippen molar-refractivity contribution < 1.29 is 9.21 Å². The van der Waals surface area contributed by atoms with Crippen LogP contribution in [0, 0.1) is 0 Å². The van der Waals surface area contributed by atoms with Gasteiger partial charge in [0.15, 0.2) is 5.43 Å². The number of hydrogen-bond donors (Lipinski definition) is 2. The summed E-state index contributed by atoms with van der Waals surface area (Å²) in [5.41, 5.74) is 0.879. The van der Waals surface area contributed by atoms with Crippen molar-refractivity contribution in [1.82, 2.24) is 10.3 Å². The molecule has 2 aromatic rings. The van der Waals surface area contributed by atoms with Crippen LogP contribution in [0.25, 0.3) is 0 Å². The van der Waals surface area contributed by atoms with Crippen LogP contribution in [-0.4, -0.2) is 10.9 Å². The number of carbonyl (C=O) groups excluding carboxylic acids is 1. The Morgan fingerprint density at radius 1 is 1.42 bits per heavy atom. The Morgan fingerprint density at radius 3 is 3.16 bits per heavy atom. The highest BCUT2D eigenvalue weighted by molar-refractivity contribution is 5.94. The molecule has 2 N–H and O–H groups in total. The van der Waals surface area contributed by atoms with Crippen LogP contribution < -0.4 is 10.7 Å². The van der Waals surface area contributed by atoms with Gasteiger partial charge in [0.05, 0.1) is 12.3 Å². The molecular weight excluding hydrogens is 244 g/mol. The molecule has 5 heteroatoms. The molecule has 0 spiro atoms. The van der Waals surface area contributed by atoms with Crippen molar-refractivity contribution in [1.29, 1.82) is 0 Å². The van der Waals surface area contributed by atoms with Crippen LogP contribution in [-0.2, 0) is 6.42 Å². The Balaban J connectivity index is 1.82. The summed E-state index contributed by atoms with van der Waals surface area (Å²) in [6, 6.07) is 3.16. The zero-order valence-electron chi connectivity index (χ0n) is 10.3. The predicted octanol–water partition coefficient (Wildman–Crippen LogP) is 1.78. The molecule has 0 bridgehead atoms. The van der Waals surface area contributed by atoms with E-state index in [2.05, 4.69) is 10.3 Å². The Bertz CT molecular complexity index is 656. The molecule has 1 aliphatic carbocycles. The number of aromatic amines is 1. The van der Waals surface area contributed by atoms with Gasteiger partial charge in [0.25, 0.3) is 5.91 Å². The van der Waals surface area contributed by atoms with E-state index < -0.39 is 0 Å². The molecule has 2 aromatic heterocycles. The Labute approximate surface area is 109 Å². The van der Waals surface area contributed by atoms with Crippen molar-refractivity contribution in [3.05, 3.63) is 57.9 Å². The molecule has 0 saturated heterocycles. The number of carbonyl (C=O) groups is 1. The highest BCUT2D eigenvalue weighted by Crippen LogP contribution is 2.30. The van der Waals surface area contributed by atoms with Crippen molar-refractivity contribution in [2.75, 3.05) is 0 Å². The van der Waals surface area contributed by atoms with E-state index >= 15 is 0 Å². The summed E-state index contributed by atoms with van der Waals surface area (Å²) in [4.78, 5) is 26.5. The number of furan rings is 1. The first kappa shape index (κ1) is 11.8. The van der Waals surface area contributed by atoms with Crippen LogP contribution in [0.1, 0.15) is 40.6 Å². The third-order valence-corrected chi connectivity index (χ3v) is 3.43. The topological polar surface area (TPSA) is 75.1 Å². The smallest absolute Gasteiger partial charge is 0.257 e. The molecule has 0 aliphatic heterocycles. The first-order valence-corrected chi connectivity index (χ1v) is 6.30. The highest BCUT2D eigenvalue weighted by atomic mass is 16.3. The minimum Gasteiger partial charge on any atom is -0.469 e. The molecule has 5 nitrogen and oxygen atoms in total. The molecular formula is C14H14N2O3. The quantitative estimate of drug-likeness (QED) is 0.862. The molecule has 2 heterocycles. The molecule has 0 saturated carbocycles. The molecule has 3 rings (SSSR count). The van der Waals surface area contributed by atoms with E-state index in [-0.39, 0.29) is 22.9 Å². The molecule has 19 heavy (non-hydrogen) atoms. The number of amides is 1. The molecule has 0 fully saturated rings. The van der Waals surface area contributed by atoms with Crippen molar-refractivity contribution in [3.8, 4) is 0 Å². The number of aromatic nitrogens is 1. The van der Waals surface area contributed by atoms with Crippen LogP contribution in [0.15, 0.2) is 40.0 Å². The fraction of sp³-hybridized carbons (Fsp3) is 0.286. The summed E-state index contributed by atoms with van der Waals surface area (Å²) in [5, 5.41) is 2.90. The highest BCUT2D eigenvalue weighted by Gasteiger charge is 2.24. The molecule has 1 amide bonds. The maximum atomic E-state index is 12.1. The maximum absolute atomic E-state index is 12.1. The molecule has 1 unspecified atom stereocenters. The largest absolute Gasteiger partial charge is 0.469 e. The number of rotatable bonds is 2. The zero-order valence-corrected chi connectivity index (χ0v) is 10.3. The first-order valence-electron chi connectivity index (χ1n) is 6.30. The predicted molar refractivity (Wildman–Crippen MR) is 68.9 cm³/mol. The third-order valence-electron chi connectivity index (χ3n) is 3.43. The normalized spacial score (nSPS) is 17.8. The number of pyridine rings is 1. The summed E-state index contributed by atoms with van der Waals surface area (Å²) in [7, 11) is 0. The lowest BCUT2D eigenvalue weighted by atomic mass is 9.93. The van der Waals surface area contributed by atoms with Gasteiger partial charge in [0.1, 0.15) is 11.3 Å². The van der Waals surface area contributed by atoms with E-state index in [4.69, 9.17) is 4.42 Å². The van der Waals surface area contributed by atoms with Gasteiger partial charge in [0.2, 0.25) is 0 Å². The van der Waals surface area contributed by atoms with E-state index in [1.54, 1.807) is 6.26 Å². The monoisotopic (exact) mass is 258 g/mol. The number of fused-ring (bicyclic) bond motifs is 1. The van der Waals surface area contributed by atoms with Gasteiger partial charge < -0.3 is 14.7 Å². The van der Waals surface area contributed by atoms with Gasteiger partial charge in [-0.15, -0.1) is 0 Å². The zero-order chi connectivity index (χ0) is 13.2. The van der Waals surface area contributed by atoms with Gasteiger partial charge in [-0.25, -0.2) is 0 Å². The van der Waals surface area contributed by atoms with E-state index in [0.29, 0.717) is 0 Å². The van der Waals surface area contributed by atoms with Crippen molar-refractivity contribution in [2.24, 2.45) is 0 Å². The second-order valence-electron chi connectivity index (χ2n) is 4.64. The SMILES string of the molecule is O=C(NC1CCCc2occc21)c1c[nH]ccc1=O. The van der Waals surface area contributed by atoms with E-state index in [9.17, 15) is 9.59 Å². The fourth-order valence-corrected chi connectivity index (χ4v) is 2.47. The van der Waals surface area contributed by atoms with Gasteiger partial charge in [-0.1, -0.05) is 0 Å². The molecule has 0 radical (unpaired) electrons. The number of aryl methyl sites for hydroxylation is 1. The molecule has 98 valence electrons. The number of hydrogen-bond acceptors (Lipinski definition) is 3. The van der Waals surface area contributed by atoms with Gasteiger partial charge >= 0.3 is 0 Å². The maximum Gasteiger partial charge on any atom is 0.257 e. The van der Waals surface area contributed by atoms with E-state index in [1.807, 2.05) is 6.07 Å². The Hall–Kier alpha value is -2.30. The minimum atomic E-state index is -0.346. The lowest BCUT2D eigenvalue weighted by molar-refractivity contribution is 0.0931. The summed E-state index contributed by atoms with van der Waals surface area (Å²) in [5.74, 6) is 0.583. The lowest BCUT2D eigenvalue weighted by Crippen LogP contribution is -2.33. The van der Waals surface area contributed by atoms with Crippen LogP contribution >= 0.6 is 0 Å². The second kappa shape index (κ2) is 4.76. The Morgan fingerprint density at radius 2 is 2.32 bits per heavy atom. The summed E-state index contributed by atoms with van der Waals surface area (Å²) < 4.78 is 5.38. The van der Waals surface area contributed by atoms with Gasteiger partial charge in [-0.2, -0.15) is 0 Å². The summed E-state index contributed by atoms with van der Waals surface area (Å²) >= 11 is 0. The summed E-state index contributed by atoms with van der Waals surface area (Å²) in [6.07, 6.45) is 7.31. The van der Waals surface area contributed by atoms with E-state index in [1.165, 1.54) is 18.5 Å². The fourth-order valence-electron chi connectivity index (χ4n) is 2.47. The van der Waals surface area contributed by atoms with Crippen LogP contribution in [0.2, 0.25) is 0 Å². The van der Waals surface area contributed by atoms with Crippen LogP contribution in [0.5, 0.6) is 0 Å². The van der Waals surface area contributed by atoms with Crippen molar-refractivity contribution in [2.45, 2.75) is 25.3 Å². The average molecular weight is 258 g/mol. The van der Waals surface area contributed by atoms with Gasteiger partial charge in [0, 0.05) is 30.4 Å². The lowest BCUT2D eigenvalue weighted by Gasteiger charge is -2.22. The minimum absolute atomic E-state index is 0.0744. The molecule has 0 aromatic carbocycles. The third kappa shape index (κ3) is 2.19. The first-order chi connectivity index (χ1) is 9.25. The molecule has 1 aliphatic rings. The van der Waals surface area contributed by atoms with Crippen molar-refractivity contribution in [3.63, 3.8) is 0 Å². The number of H-pyrrole nitrogens is 1. The number of nitrogens with one attached hydrogen (secondary N) is 2. The van der Waals surface area contributed by atoms with Crippen LogP contribution in [0.4, 0.5) is 0 Å². The second-order valence-corrected chi connectivity index (χ2v) is 4.64. The molecule has 1 atom stereocenters. The standard InChI is InChI=1S/C14H14N2O3/c17-12-4-6-15-8-10(12)14(18)16-11-2-1-3-13-9(11)5-7-19-13/h4-8,11H,1-3H2,(H,15,17)(H,16,18). The van der Waals surface area contributed by atoms with Gasteiger partial charge in [-0.3, -0.25) is 9.59 Å². The Kier molecular flexibility index (Phi) is 2.95. The van der Waals surface area contributed by atoms with Crippen LogP contribution in [0.3, 0.4) is 0 Å². The van der Waals surface area contributed by atoms with E-state index in [0.717, 1.165) is 30.6 Å². The van der Waals surface area contributed by atoms with Gasteiger partial charge in [-0.05, 0) is 18.9 Å².